The molecule has 6 nitrogen and oxygen atoms in total. The molecule has 0 aliphatic carbocycles. The minimum Gasteiger partial charge on any atom is -0.352 e. The summed E-state index contributed by atoms with van der Waals surface area (Å²) < 4.78 is 15.4. The number of amides is 2. The van der Waals surface area contributed by atoms with Crippen LogP contribution in [-0.4, -0.2) is 39.6 Å². The number of nitrogens with one attached hydrogen (secondary N) is 1. The van der Waals surface area contributed by atoms with E-state index < -0.39 is 0 Å². The summed E-state index contributed by atoms with van der Waals surface area (Å²) in [7, 11) is 1.87. The van der Waals surface area contributed by atoms with Crippen LogP contribution in [0.15, 0.2) is 36.7 Å². The molecule has 0 spiro atoms. The molecule has 0 saturated carbocycles. The van der Waals surface area contributed by atoms with Crippen LogP contribution in [0.25, 0.3) is 0 Å². The van der Waals surface area contributed by atoms with Gasteiger partial charge >= 0.3 is 0 Å². The van der Waals surface area contributed by atoms with E-state index in [2.05, 4.69) is 10.4 Å². The van der Waals surface area contributed by atoms with E-state index in [4.69, 9.17) is 0 Å². The Hall–Kier alpha value is -2.70. The van der Waals surface area contributed by atoms with E-state index >= 15 is 0 Å². The number of hydrogen-bond donors (Lipinski definition) is 1. The maximum Gasteiger partial charge on any atom is 0.222 e. The largest absolute Gasteiger partial charge is 0.352 e. The summed E-state index contributed by atoms with van der Waals surface area (Å²) in [6.07, 6.45) is 8.08. The number of carbonyl (C=O) groups excluding carboxylic acids is 2. The Balaban J connectivity index is 1.38. The summed E-state index contributed by atoms with van der Waals surface area (Å²) in [4.78, 5) is 26.6. The Morgan fingerprint density at radius 2 is 2.10 bits per heavy atom. The zero-order valence-electron chi connectivity index (χ0n) is 16.9. The van der Waals surface area contributed by atoms with Gasteiger partial charge in [0.2, 0.25) is 11.8 Å². The number of aryl methyl sites for hydroxylation is 2. The van der Waals surface area contributed by atoms with Crippen molar-refractivity contribution < 1.29 is 14.0 Å². The van der Waals surface area contributed by atoms with E-state index in [1.54, 1.807) is 29.1 Å². The predicted octanol–water partition coefficient (Wildman–Crippen LogP) is 2.83. The first-order valence-electron chi connectivity index (χ1n) is 10.3. The Morgan fingerprint density at radius 1 is 1.28 bits per heavy atom. The second-order valence-corrected chi connectivity index (χ2v) is 7.78. The topological polar surface area (TPSA) is 67.2 Å². The Bertz CT molecular complexity index is 836. The number of carbonyl (C=O) groups is 2. The van der Waals surface area contributed by atoms with Crippen LogP contribution in [-0.2, 0) is 29.6 Å². The molecule has 0 bridgehead atoms. The molecule has 3 rings (SSSR count). The average Bonchev–Trinajstić information content (AvgIpc) is 3.15. The second kappa shape index (κ2) is 10.2. The van der Waals surface area contributed by atoms with Gasteiger partial charge in [-0.15, -0.1) is 0 Å². The van der Waals surface area contributed by atoms with Crippen LogP contribution in [0.4, 0.5) is 4.39 Å². The average molecular weight is 400 g/mol. The smallest absolute Gasteiger partial charge is 0.222 e. The predicted molar refractivity (Wildman–Crippen MR) is 108 cm³/mol. The molecule has 1 aliphatic rings. The highest BCUT2D eigenvalue weighted by molar-refractivity contribution is 5.77. The quantitative estimate of drug-likeness (QED) is 0.741. The third-order valence-corrected chi connectivity index (χ3v) is 5.47. The highest BCUT2D eigenvalue weighted by Crippen LogP contribution is 2.22. The number of benzene rings is 1. The Labute approximate surface area is 171 Å². The lowest BCUT2D eigenvalue weighted by Crippen LogP contribution is -2.40. The lowest BCUT2D eigenvalue weighted by molar-refractivity contribution is -0.133. The van der Waals surface area contributed by atoms with Crippen molar-refractivity contribution in [2.45, 2.75) is 45.1 Å². The number of nitrogens with zero attached hydrogens (tertiary/aromatic N) is 3. The van der Waals surface area contributed by atoms with Crippen molar-refractivity contribution >= 4 is 11.8 Å². The number of halogens is 1. The number of aromatic nitrogens is 2. The van der Waals surface area contributed by atoms with E-state index in [-0.39, 0.29) is 24.2 Å². The molecule has 1 N–H and O–H groups in total. The van der Waals surface area contributed by atoms with Crippen LogP contribution in [0.1, 0.15) is 43.2 Å². The maximum absolute atomic E-state index is 13.6. The van der Waals surface area contributed by atoms with Gasteiger partial charge in [0, 0.05) is 51.3 Å². The number of piperidine rings is 1. The van der Waals surface area contributed by atoms with Gasteiger partial charge in [0.05, 0.1) is 6.20 Å². The number of hydrogen-bond acceptors (Lipinski definition) is 3. The van der Waals surface area contributed by atoms with E-state index in [9.17, 15) is 14.0 Å². The molecular weight excluding hydrogens is 371 g/mol. The van der Waals surface area contributed by atoms with Crippen LogP contribution in [0.2, 0.25) is 0 Å². The first-order chi connectivity index (χ1) is 14.0. The molecule has 7 heteroatoms. The third-order valence-electron chi connectivity index (χ3n) is 5.47. The van der Waals surface area contributed by atoms with Gasteiger partial charge in [0.1, 0.15) is 5.82 Å². The number of likely N-dealkylation sites (tertiary alicyclic amines) is 1. The zero-order valence-corrected chi connectivity index (χ0v) is 16.9. The standard InChI is InChI=1S/C22H29FN4O2/c1-26-15-18(13-25-26)9-11-22(29)27-12-4-5-17(16-27)8-10-21(28)24-14-19-6-2-3-7-20(19)23/h2-3,6-7,13,15,17H,4-5,8-12,14,16H2,1H3,(H,24,28)/t17-/m0/s1. The normalized spacial score (nSPS) is 16.6. The van der Waals surface area contributed by atoms with E-state index in [1.807, 2.05) is 18.1 Å². The molecule has 0 unspecified atom stereocenters. The third kappa shape index (κ3) is 6.41. The molecule has 0 radical (unpaired) electrons. The van der Waals surface area contributed by atoms with Gasteiger partial charge in [0.25, 0.3) is 0 Å². The Kier molecular flexibility index (Phi) is 7.38. The van der Waals surface area contributed by atoms with Crippen molar-refractivity contribution in [3.63, 3.8) is 0 Å². The van der Waals surface area contributed by atoms with Crippen LogP contribution in [0.3, 0.4) is 0 Å². The highest BCUT2D eigenvalue weighted by atomic mass is 19.1. The van der Waals surface area contributed by atoms with Crippen molar-refractivity contribution in [2.24, 2.45) is 13.0 Å². The fourth-order valence-electron chi connectivity index (χ4n) is 3.80. The summed E-state index contributed by atoms with van der Waals surface area (Å²) in [5.41, 5.74) is 1.56. The summed E-state index contributed by atoms with van der Waals surface area (Å²) in [6.45, 7) is 1.71. The first kappa shape index (κ1) is 21.0. The van der Waals surface area contributed by atoms with Gasteiger partial charge < -0.3 is 10.2 Å². The van der Waals surface area contributed by atoms with Gasteiger partial charge in [-0.25, -0.2) is 4.39 Å². The molecule has 1 aliphatic heterocycles. The molecule has 156 valence electrons. The maximum atomic E-state index is 13.6. The molecule has 1 aromatic heterocycles. The molecule has 29 heavy (non-hydrogen) atoms. The molecule has 2 aromatic rings. The molecule has 1 saturated heterocycles. The Morgan fingerprint density at radius 3 is 2.86 bits per heavy atom. The van der Waals surface area contributed by atoms with Gasteiger partial charge in [-0.1, -0.05) is 18.2 Å². The molecule has 1 atom stereocenters. The van der Waals surface area contributed by atoms with Gasteiger partial charge in [-0.3, -0.25) is 14.3 Å². The number of rotatable bonds is 8. The van der Waals surface area contributed by atoms with Crippen LogP contribution in [0.5, 0.6) is 0 Å². The SMILES string of the molecule is Cn1cc(CCC(=O)N2CCC[C@@H](CCC(=O)NCc3ccccc3F)C2)cn1. The lowest BCUT2D eigenvalue weighted by atomic mass is 9.93. The zero-order chi connectivity index (χ0) is 20.6. The molecule has 1 fully saturated rings. The highest BCUT2D eigenvalue weighted by Gasteiger charge is 2.24. The summed E-state index contributed by atoms with van der Waals surface area (Å²) >= 11 is 0. The van der Waals surface area contributed by atoms with Crippen molar-refractivity contribution in [2.75, 3.05) is 13.1 Å². The van der Waals surface area contributed by atoms with Gasteiger partial charge in [-0.2, -0.15) is 5.10 Å². The molecular formula is C22H29FN4O2. The van der Waals surface area contributed by atoms with E-state index in [0.29, 0.717) is 37.3 Å². The fourth-order valence-corrected chi connectivity index (χ4v) is 3.80. The van der Waals surface area contributed by atoms with E-state index in [1.165, 1.54) is 6.07 Å². The summed E-state index contributed by atoms with van der Waals surface area (Å²) in [5, 5.41) is 6.92. The van der Waals surface area contributed by atoms with Crippen LogP contribution in [0, 0.1) is 11.7 Å². The molecule has 2 amide bonds. The van der Waals surface area contributed by atoms with Crippen LogP contribution >= 0.6 is 0 Å². The first-order valence-corrected chi connectivity index (χ1v) is 10.3. The lowest BCUT2D eigenvalue weighted by Gasteiger charge is -2.33. The monoisotopic (exact) mass is 400 g/mol. The minimum absolute atomic E-state index is 0.0757. The minimum atomic E-state index is -0.305. The summed E-state index contributed by atoms with van der Waals surface area (Å²) in [5.74, 6) is 0.127. The van der Waals surface area contributed by atoms with E-state index in [0.717, 1.165) is 31.4 Å². The van der Waals surface area contributed by atoms with Gasteiger partial charge in [-0.05, 0) is 43.2 Å². The van der Waals surface area contributed by atoms with Crippen molar-refractivity contribution in [1.29, 1.82) is 0 Å². The molecule has 1 aromatic carbocycles. The van der Waals surface area contributed by atoms with Gasteiger partial charge in [0.15, 0.2) is 0 Å². The van der Waals surface area contributed by atoms with Crippen LogP contribution < -0.4 is 5.32 Å². The second-order valence-electron chi connectivity index (χ2n) is 7.78. The molecule has 2 heterocycles. The van der Waals surface area contributed by atoms with Crippen molar-refractivity contribution in [1.82, 2.24) is 20.0 Å². The fraction of sp³-hybridized carbons (Fsp3) is 0.500. The van der Waals surface area contributed by atoms with Crippen molar-refractivity contribution in [3.05, 3.63) is 53.6 Å². The summed E-state index contributed by atoms with van der Waals surface area (Å²) in [6, 6.07) is 6.45. The van der Waals surface area contributed by atoms with Crippen molar-refractivity contribution in [3.8, 4) is 0 Å².